The second-order valence-electron chi connectivity index (χ2n) is 3.46. The van der Waals surface area contributed by atoms with E-state index in [1.54, 1.807) is 25.1 Å². The Morgan fingerprint density at radius 2 is 2.35 bits per heavy atom. The highest BCUT2D eigenvalue weighted by atomic mass is 16.5. The number of esters is 1. The van der Waals surface area contributed by atoms with Crippen LogP contribution in [0.1, 0.15) is 12.7 Å². The van der Waals surface area contributed by atoms with Gasteiger partial charge in [0.2, 0.25) is 0 Å². The van der Waals surface area contributed by atoms with Gasteiger partial charge < -0.3 is 14.3 Å². The summed E-state index contributed by atoms with van der Waals surface area (Å²) in [5.74, 6) is -0.244. The highest BCUT2D eigenvalue weighted by Crippen LogP contribution is 2.26. The van der Waals surface area contributed by atoms with E-state index in [2.05, 4.69) is 9.73 Å². The average Bonchev–Trinajstić information content (AvgIpc) is 2.89. The van der Waals surface area contributed by atoms with Crippen LogP contribution in [0.3, 0.4) is 0 Å². The number of ether oxygens (including phenoxy) is 1. The van der Waals surface area contributed by atoms with E-state index < -0.39 is 5.97 Å². The van der Waals surface area contributed by atoms with E-state index in [-0.39, 0.29) is 17.0 Å². The largest absolute Gasteiger partial charge is 0.505 e. The first kappa shape index (κ1) is 11.2. The van der Waals surface area contributed by atoms with Crippen LogP contribution in [0, 0.1) is 0 Å². The number of furan rings is 1. The van der Waals surface area contributed by atoms with Gasteiger partial charge in [-0.25, -0.2) is 9.79 Å². The van der Waals surface area contributed by atoms with Crippen LogP contribution >= 0.6 is 0 Å². The Kier molecular flexibility index (Phi) is 2.82. The second kappa shape index (κ2) is 4.29. The maximum Gasteiger partial charge on any atom is 0.343 e. The minimum absolute atomic E-state index is 0.0882. The van der Waals surface area contributed by atoms with Gasteiger partial charge in [-0.05, 0) is 19.1 Å². The Balaban J connectivity index is 2.41. The highest BCUT2D eigenvalue weighted by Gasteiger charge is 2.27. The molecule has 1 N–H and O–H groups in total. The van der Waals surface area contributed by atoms with Crippen molar-refractivity contribution < 1.29 is 19.1 Å². The number of hydrogen-bond donors (Lipinski definition) is 1. The quantitative estimate of drug-likeness (QED) is 0.794. The van der Waals surface area contributed by atoms with E-state index in [0.717, 1.165) is 0 Å². The van der Waals surface area contributed by atoms with E-state index in [0.29, 0.717) is 11.5 Å². The Hall–Kier alpha value is -2.30. The molecule has 0 radical (unpaired) electrons. The summed E-state index contributed by atoms with van der Waals surface area (Å²) in [7, 11) is 1.25. The smallest absolute Gasteiger partial charge is 0.343 e. The predicted molar refractivity (Wildman–Crippen MR) is 61.5 cm³/mol. The first-order valence-corrected chi connectivity index (χ1v) is 4.96. The summed E-state index contributed by atoms with van der Waals surface area (Å²) < 4.78 is 9.68. The standard InChI is InChI=1S/C12H11NO4/c1-7-10(12(15)16-2)11(14)9(13-7)6-8-4-3-5-17-8/h3-6,14H,1-2H3/b9-6+. The fourth-order valence-electron chi connectivity index (χ4n) is 1.54. The third-order valence-corrected chi connectivity index (χ3v) is 2.34. The zero-order chi connectivity index (χ0) is 12.4. The minimum atomic E-state index is -0.605. The lowest BCUT2D eigenvalue weighted by Gasteiger charge is -1.99. The van der Waals surface area contributed by atoms with Gasteiger partial charge in [0.25, 0.3) is 0 Å². The van der Waals surface area contributed by atoms with Crippen LogP contribution in [0.2, 0.25) is 0 Å². The molecule has 0 aromatic carbocycles. The average molecular weight is 233 g/mol. The summed E-state index contributed by atoms with van der Waals surface area (Å²) in [5.41, 5.74) is 0.801. The van der Waals surface area contributed by atoms with Crippen molar-refractivity contribution in [3.8, 4) is 0 Å². The molecular formula is C12H11NO4. The molecule has 0 unspecified atom stereocenters. The number of nitrogens with zero attached hydrogens (tertiary/aromatic N) is 1. The van der Waals surface area contributed by atoms with Gasteiger partial charge >= 0.3 is 5.97 Å². The predicted octanol–water partition coefficient (Wildman–Crippen LogP) is 2.08. The summed E-state index contributed by atoms with van der Waals surface area (Å²) in [4.78, 5) is 15.5. The van der Waals surface area contributed by atoms with E-state index in [1.165, 1.54) is 13.4 Å². The summed E-state index contributed by atoms with van der Waals surface area (Å²) in [5, 5.41) is 9.87. The zero-order valence-electron chi connectivity index (χ0n) is 9.43. The van der Waals surface area contributed by atoms with Crippen molar-refractivity contribution in [3.05, 3.63) is 41.2 Å². The summed E-state index contributed by atoms with van der Waals surface area (Å²) in [6.07, 6.45) is 3.06. The molecule has 0 saturated heterocycles. The molecule has 0 aliphatic carbocycles. The van der Waals surface area contributed by atoms with Crippen molar-refractivity contribution in [2.45, 2.75) is 6.92 Å². The molecule has 88 valence electrons. The molecule has 1 aliphatic heterocycles. The van der Waals surface area contributed by atoms with Gasteiger partial charge in [-0.3, -0.25) is 0 Å². The molecule has 5 nitrogen and oxygen atoms in total. The topological polar surface area (TPSA) is 72.0 Å². The molecule has 0 spiro atoms. The van der Waals surface area contributed by atoms with Gasteiger partial charge in [-0.15, -0.1) is 0 Å². The van der Waals surface area contributed by atoms with Gasteiger partial charge in [0.1, 0.15) is 17.0 Å². The number of carbonyl (C=O) groups is 1. The van der Waals surface area contributed by atoms with Crippen LogP contribution in [0.15, 0.2) is 44.8 Å². The molecule has 0 amide bonds. The summed E-state index contributed by atoms with van der Waals surface area (Å²) in [6.45, 7) is 1.63. The zero-order valence-corrected chi connectivity index (χ0v) is 9.43. The normalized spacial score (nSPS) is 17.5. The molecule has 2 rings (SSSR count). The number of aliphatic hydroxyl groups excluding tert-OH is 1. The van der Waals surface area contributed by atoms with Crippen LogP contribution in [-0.4, -0.2) is 23.9 Å². The molecular weight excluding hydrogens is 222 g/mol. The van der Waals surface area contributed by atoms with E-state index >= 15 is 0 Å². The lowest BCUT2D eigenvalue weighted by Crippen LogP contribution is -2.11. The summed E-state index contributed by atoms with van der Waals surface area (Å²) in [6, 6.07) is 3.45. The number of carbonyl (C=O) groups excluding carboxylic acids is 1. The van der Waals surface area contributed by atoms with E-state index in [1.807, 2.05) is 0 Å². The van der Waals surface area contributed by atoms with Crippen LogP contribution in [0.25, 0.3) is 6.08 Å². The van der Waals surface area contributed by atoms with Crippen molar-refractivity contribution in [1.29, 1.82) is 0 Å². The Morgan fingerprint density at radius 3 is 2.94 bits per heavy atom. The second-order valence-corrected chi connectivity index (χ2v) is 3.46. The summed E-state index contributed by atoms with van der Waals surface area (Å²) >= 11 is 0. The molecule has 5 heteroatoms. The number of methoxy groups -OCH3 is 1. The number of hydrogen-bond acceptors (Lipinski definition) is 5. The molecule has 0 saturated carbocycles. The fraction of sp³-hybridized carbons (Fsp3) is 0.167. The molecule has 0 atom stereocenters. The lowest BCUT2D eigenvalue weighted by molar-refractivity contribution is -0.135. The maximum atomic E-state index is 11.4. The Morgan fingerprint density at radius 1 is 1.59 bits per heavy atom. The maximum absolute atomic E-state index is 11.4. The van der Waals surface area contributed by atoms with Gasteiger partial charge in [-0.1, -0.05) is 0 Å². The minimum Gasteiger partial charge on any atom is -0.505 e. The van der Waals surface area contributed by atoms with Crippen molar-refractivity contribution in [3.63, 3.8) is 0 Å². The van der Waals surface area contributed by atoms with Crippen LogP contribution in [0.5, 0.6) is 0 Å². The van der Waals surface area contributed by atoms with Gasteiger partial charge in [0.05, 0.1) is 19.1 Å². The lowest BCUT2D eigenvalue weighted by atomic mass is 10.1. The first-order valence-electron chi connectivity index (χ1n) is 4.96. The monoisotopic (exact) mass is 233 g/mol. The molecule has 1 aromatic heterocycles. The van der Waals surface area contributed by atoms with E-state index in [9.17, 15) is 9.90 Å². The first-order chi connectivity index (χ1) is 8.13. The molecule has 1 aromatic rings. The molecule has 17 heavy (non-hydrogen) atoms. The van der Waals surface area contributed by atoms with Gasteiger partial charge in [-0.2, -0.15) is 0 Å². The van der Waals surface area contributed by atoms with Gasteiger partial charge in [0, 0.05) is 6.08 Å². The molecule has 0 bridgehead atoms. The van der Waals surface area contributed by atoms with Crippen molar-refractivity contribution in [2.24, 2.45) is 4.99 Å². The number of aliphatic hydroxyl groups is 1. The van der Waals surface area contributed by atoms with Crippen molar-refractivity contribution in [2.75, 3.05) is 7.11 Å². The fourth-order valence-corrected chi connectivity index (χ4v) is 1.54. The number of aliphatic imine (C=N–C) groups is 1. The Bertz CT molecular complexity index is 535. The highest BCUT2D eigenvalue weighted by molar-refractivity contribution is 6.21. The SMILES string of the molecule is COC(=O)C1=C(O)/C(=C\c2ccco2)N=C1C. The molecule has 0 fully saturated rings. The third kappa shape index (κ3) is 1.99. The van der Waals surface area contributed by atoms with Crippen molar-refractivity contribution >= 4 is 17.8 Å². The Labute approximate surface area is 97.7 Å². The molecule has 1 aliphatic rings. The third-order valence-electron chi connectivity index (χ3n) is 2.34. The van der Waals surface area contributed by atoms with Crippen LogP contribution < -0.4 is 0 Å². The van der Waals surface area contributed by atoms with Crippen molar-refractivity contribution in [1.82, 2.24) is 0 Å². The van der Waals surface area contributed by atoms with E-state index in [4.69, 9.17) is 4.42 Å². The van der Waals surface area contributed by atoms with Gasteiger partial charge in [0.15, 0.2) is 5.76 Å². The number of rotatable bonds is 2. The van der Waals surface area contributed by atoms with Crippen LogP contribution in [0.4, 0.5) is 0 Å². The molecule has 2 heterocycles. The van der Waals surface area contributed by atoms with Crippen LogP contribution in [-0.2, 0) is 9.53 Å².